The summed E-state index contributed by atoms with van der Waals surface area (Å²) in [7, 11) is 0. The van der Waals surface area contributed by atoms with Gasteiger partial charge in [0.2, 0.25) is 0 Å². The largest absolute Gasteiger partial charge is 0.385 e. The third-order valence-electron chi connectivity index (χ3n) is 3.87. The predicted octanol–water partition coefficient (Wildman–Crippen LogP) is 5.28. The van der Waals surface area contributed by atoms with Gasteiger partial charge in [-0.05, 0) is 52.9 Å². The Morgan fingerprint density at radius 2 is 1.79 bits per heavy atom. The van der Waals surface area contributed by atoms with E-state index in [1.165, 1.54) is 12.0 Å². The SMILES string of the molecule is C=CC(C)(O)C(CCC(C)CCC=C(C)C)C(=C)C. The lowest BCUT2D eigenvalue weighted by Gasteiger charge is -2.31. The smallest absolute Gasteiger partial charge is 0.0861 e. The molecule has 0 aliphatic carbocycles. The lowest BCUT2D eigenvalue weighted by Crippen LogP contribution is -2.33. The number of hydrogen-bond donors (Lipinski definition) is 1. The van der Waals surface area contributed by atoms with Crippen molar-refractivity contribution in [2.75, 3.05) is 0 Å². The van der Waals surface area contributed by atoms with Gasteiger partial charge in [-0.25, -0.2) is 0 Å². The van der Waals surface area contributed by atoms with Crippen molar-refractivity contribution < 1.29 is 5.11 Å². The highest BCUT2D eigenvalue weighted by atomic mass is 16.3. The molecular formula is C18H32O. The van der Waals surface area contributed by atoms with Crippen molar-refractivity contribution in [3.63, 3.8) is 0 Å². The van der Waals surface area contributed by atoms with Crippen LogP contribution in [0, 0.1) is 11.8 Å². The highest BCUT2D eigenvalue weighted by molar-refractivity contribution is 5.10. The van der Waals surface area contributed by atoms with Crippen LogP contribution in [0.5, 0.6) is 0 Å². The maximum absolute atomic E-state index is 10.3. The highest BCUT2D eigenvalue weighted by Crippen LogP contribution is 2.31. The molecule has 0 spiro atoms. The Bertz CT molecular complexity index is 319. The summed E-state index contributed by atoms with van der Waals surface area (Å²) < 4.78 is 0. The highest BCUT2D eigenvalue weighted by Gasteiger charge is 2.29. The molecule has 110 valence electrons. The van der Waals surface area contributed by atoms with Crippen LogP contribution >= 0.6 is 0 Å². The predicted molar refractivity (Wildman–Crippen MR) is 86.2 cm³/mol. The minimum Gasteiger partial charge on any atom is -0.385 e. The van der Waals surface area contributed by atoms with Crippen LogP contribution in [0.3, 0.4) is 0 Å². The van der Waals surface area contributed by atoms with Gasteiger partial charge in [0.15, 0.2) is 0 Å². The standard InChI is InChI=1S/C18H32O/c1-8-18(7,19)17(15(4)5)13-12-16(6)11-9-10-14(2)3/h8,10,16-17,19H,1,4,9,11-13H2,2-3,5-7H3. The zero-order valence-electron chi connectivity index (χ0n) is 13.5. The van der Waals surface area contributed by atoms with Crippen LogP contribution in [0.4, 0.5) is 0 Å². The second-order valence-electron chi connectivity index (χ2n) is 6.37. The van der Waals surface area contributed by atoms with E-state index in [1.807, 2.05) is 13.8 Å². The molecule has 0 aliphatic heterocycles. The average molecular weight is 264 g/mol. The average Bonchev–Trinajstić information content (AvgIpc) is 2.27. The van der Waals surface area contributed by atoms with Gasteiger partial charge in [0.05, 0.1) is 5.60 Å². The molecule has 3 atom stereocenters. The monoisotopic (exact) mass is 264 g/mol. The Kier molecular flexibility index (Phi) is 8.01. The van der Waals surface area contributed by atoms with Crippen molar-refractivity contribution in [3.8, 4) is 0 Å². The summed E-state index contributed by atoms with van der Waals surface area (Å²) in [6.07, 6.45) is 8.40. The Morgan fingerprint density at radius 1 is 1.21 bits per heavy atom. The van der Waals surface area contributed by atoms with E-state index in [2.05, 4.69) is 40.0 Å². The number of allylic oxidation sites excluding steroid dienone is 2. The van der Waals surface area contributed by atoms with Crippen molar-refractivity contribution in [1.82, 2.24) is 0 Å². The molecule has 0 amide bonds. The third-order valence-corrected chi connectivity index (χ3v) is 3.87. The van der Waals surface area contributed by atoms with Crippen LogP contribution < -0.4 is 0 Å². The molecule has 0 aromatic carbocycles. The molecule has 0 aliphatic rings. The van der Waals surface area contributed by atoms with Crippen LogP contribution in [-0.4, -0.2) is 10.7 Å². The molecule has 19 heavy (non-hydrogen) atoms. The first-order valence-electron chi connectivity index (χ1n) is 7.35. The van der Waals surface area contributed by atoms with Crippen LogP contribution in [0.1, 0.15) is 60.3 Å². The van der Waals surface area contributed by atoms with Gasteiger partial charge in [0.25, 0.3) is 0 Å². The van der Waals surface area contributed by atoms with Crippen molar-refractivity contribution >= 4 is 0 Å². The van der Waals surface area contributed by atoms with Gasteiger partial charge < -0.3 is 5.11 Å². The maximum atomic E-state index is 10.3. The summed E-state index contributed by atoms with van der Waals surface area (Å²) in [5.41, 5.74) is 1.59. The molecule has 1 N–H and O–H groups in total. The summed E-state index contributed by atoms with van der Waals surface area (Å²) >= 11 is 0. The quantitative estimate of drug-likeness (QED) is 0.562. The van der Waals surface area contributed by atoms with Gasteiger partial charge in [0, 0.05) is 5.92 Å². The van der Waals surface area contributed by atoms with Gasteiger partial charge in [-0.15, -0.1) is 6.58 Å². The van der Waals surface area contributed by atoms with Gasteiger partial charge in [-0.3, -0.25) is 0 Å². The summed E-state index contributed by atoms with van der Waals surface area (Å²) in [6.45, 7) is 18.1. The fourth-order valence-electron chi connectivity index (χ4n) is 2.43. The second kappa shape index (κ2) is 8.37. The van der Waals surface area contributed by atoms with E-state index >= 15 is 0 Å². The Morgan fingerprint density at radius 3 is 2.21 bits per heavy atom. The first-order chi connectivity index (χ1) is 8.70. The van der Waals surface area contributed by atoms with Gasteiger partial charge in [-0.2, -0.15) is 0 Å². The lowest BCUT2D eigenvalue weighted by molar-refractivity contribution is 0.0561. The topological polar surface area (TPSA) is 20.2 Å². The summed E-state index contributed by atoms with van der Waals surface area (Å²) in [4.78, 5) is 0. The van der Waals surface area contributed by atoms with E-state index in [0.717, 1.165) is 24.8 Å². The minimum absolute atomic E-state index is 0.107. The van der Waals surface area contributed by atoms with E-state index in [4.69, 9.17) is 0 Å². The van der Waals surface area contributed by atoms with E-state index in [1.54, 1.807) is 6.08 Å². The molecule has 3 unspecified atom stereocenters. The molecule has 1 nitrogen and oxygen atoms in total. The van der Waals surface area contributed by atoms with E-state index in [9.17, 15) is 5.11 Å². The molecule has 0 saturated heterocycles. The minimum atomic E-state index is -0.842. The van der Waals surface area contributed by atoms with Gasteiger partial charge in [-0.1, -0.05) is 43.2 Å². The Balaban J connectivity index is 4.30. The molecule has 0 bridgehead atoms. The molecule has 0 rings (SSSR count). The van der Waals surface area contributed by atoms with E-state index in [0.29, 0.717) is 5.92 Å². The molecule has 0 fully saturated rings. The van der Waals surface area contributed by atoms with Crippen molar-refractivity contribution in [2.45, 2.75) is 65.9 Å². The van der Waals surface area contributed by atoms with Gasteiger partial charge in [0.1, 0.15) is 0 Å². The van der Waals surface area contributed by atoms with Crippen molar-refractivity contribution in [1.29, 1.82) is 0 Å². The molecule has 0 saturated carbocycles. The van der Waals surface area contributed by atoms with Crippen LogP contribution in [0.25, 0.3) is 0 Å². The fourth-order valence-corrected chi connectivity index (χ4v) is 2.43. The summed E-state index contributed by atoms with van der Waals surface area (Å²) in [6, 6.07) is 0. The fraction of sp³-hybridized carbons (Fsp3) is 0.667. The Labute approximate surface area is 120 Å². The van der Waals surface area contributed by atoms with Crippen LogP contribution in [-0.2, 0) is 0 Å². The zero-order chi connectivity index (χ0) is 15.1. The number of hydrogen-bond acceptors (Lipinski definition) is 1. The number of rotatable bonds is 9. The number of aliphatic hydroxyl groups is 1. The van der Waals surface area contributed by atoms with Gasteiger partial charge >= 0.3 is 0 Å². The Hall–Kier alpha value is -0.820. The van der Waals surface area contributed by atoms with Crippen molar-refractivity contribution in [2.24, 2.45) is 11.8 Å². The second-order valence-corrected chi connectivity index (χ2v) is 6.37. The van der Waals surface area contributed by atoms with E-state index in [-0.39, 0.29) is 5.92 Å². The molecule has 0 heterocycles. The zero-order valence-corrected chi connectivity index (χ0v) is 13.5. The molecule has 0 radical (unpaired) electrons. The normalized spacial score (nSPS) is 17.2. The van der Waals surface area contributed by atoms with E-state index < -0.39 is 5.60 Å². The molecular weight excluding hydrogens is 232 g/mol. The molecule has 0 aromatic rings. The van der Waals surface area contributed by atoms with Crippen molar-refractivity contribution in [3.05, 3.63) is 36.5 Å². The molecule has 0 aromatic heterocycles. The summed E-state index contributed by atoms with van der Waals surface area (Å²) in [5, 5.41) is 10.3. The maximum Gasteiger partial charge on any atom is 0.0861 e. The summed E-state index contributed by atoms with van der Waals surface area (Å²) in [5.74, 6) is 0.786. The van der Waals surface area contributed by atoms with Crippen LogP contribution in [0.15, 0.2) is 36.5 Å². The van der Waals surface area contributed by atoms with Crippen LogP contribution in [0.2, 0.25) is 0 Å². The first-order valence-corrected chi connectivity index (χ1v) is 7.35. The first kappa shape index (κ1) is 18.2. The molecule has 1 heteroatoms. The lowest BCUT2D eigenvalue weighted by atomic mass is 9.79. The third kappa shape index (κ3) is 7.37.